The summed E-state index contributed by atoms with van der Waals surface area (Å²) in [5, 5.41) is 0. The van der Waals surface area contributed by atoms with E-state index in [1.165, 1.54) is 30.7 Å². The van der Waals surface area contributed by atoms with Crippen LogP contribution in [-0.4, -0.2) is 78.1 Å². The smallest absolute Gasteiger partial charge is 0.236 e. The molecule has 1 aromatic carbocycles. The summed E-state index contributed by atoms with van der Waals surface area (Å²) in [6.45, 7) is 4.90. The van der Waals surface area contributed by atoms with E-state index in [9.17, 15) is 14.0 Å². The molecule has 0 bridgehead atoms. The van der Waals surface area contributed by atoms with E-state index in [2.05, 4.69) is 4.90 Å². The molecule has 3 rings (SSSR count). The Bertz CT molecular complexity index is 642. The third-order valence-electron chi connectivity index (χ3n) is 5.23. The molecule has 2 saturated heterocycles. The second-order valence-electron chi connectivity index (χ2n) is 7.17. The number of rotatable bonds is 5. The molecule has 5 nitrogen and oxygen atoms in total. The van der Waals surface area contributed by atoms with Gasteiger partial charge in [0.25, 0.3) is 0 Å². The number of piperazine rings is 1. The van der Waals surface area contributed by atoms with Crippen LogP contribution in [0.1, 0.15) is 25.7 Å². The minimum atomic E-state index is -0.285. The van der Waals surface area contributed by atoms with E-state index < -0.39 is 0 Å². The van der Waals surface area contributed by atoms with Crippen LogP contribution in [0.3, 0.4) is 0 Å². The number of thioether (sulfide) groups is 1. The van der Waals surface area contributed by atoms with Gasteiger partial charge in [0.15, 0.2) is 0 Å². The third kappa shape index (κ3) is 5.94. The van der Waals surface area contributed by atoms with Crippen molar-refractivity contribution in [3.63, 3.8) is 0 Å². The number of hydrogen-bond acceptors (Lipinski definition) is 4. The van der Waals surface area contributed by atoms with E-state index in [-0.39, 0.29) is 23.4 Å². The number of benzene rings is 1. The molecule has 0 aliphatic carbocycles. The van der Waals surface area contributed by atoms with Gasteiger partial charge in [-0.2, -0.15) is 0 Å². The zero-order valence-corrected chi connectivity index (χ0v) is 16.6. The maximum Gasteiger partial charge on any atom is 0.236 e. The SMILES string of the molecule is O=C(CSc1ccccc1F)N1CCN(CC(=O)N2CCCCCC2)CC1. The van der Waals surface area contributed by atoms with E-state index >= 15 is 0 Å². The topological polar surface area (TPSA) is 43.9 Å². The van der Waals surface area contributed by atoms with Gasteiger partial charge in [-0.3, -0.25) is 14.5 Å². The number of amides is 2. The van der Waals surface area contributed by atoms with E-state index in [4.69, 9.17) is 0 Å². The predicted molar refractivity (Wildman–Crippen MR) is 105 cm³/mol. The van der Waals surface area contributed by atoms with Crippen LogP contribution < -0.4 is 0 Å². The van der Waals surface area contributed by atoms with Crippen LogP contribution in [0, 0.1) is 5.82 Å². The van der Waals surface area contributed by atoms with Gasteiger partial charge in [-0.15, -0.1) is 11.8 Å². The van der Waals surface area contributed by atoms with Crippen LogP contribution in [0.4, 0.5) is 4.39 Å². The number of halogens is 1. The molecule has 0 unspecified atom stereocenters. The maximum atomic E-state index is 13.6. The van der Waals surface area contributed by atoms with Gasteiger partial charge in [-0.1, -0.05) is 25.0 Å². The van der Waals surface area contributed by atoms with Crippen molar-refractivity contribution in [2.45, 2.75) is 30.6 Å². The summed E-state index contributed by atoms with van der Waals surface area (Å²) in [5.74, 6) is 0.203. The number of carbonyl (C=O) groups is 2. The fourth-order valence-electron chi connectivity index (χ4n) is 3.56. The van der Waals surface area contributed by atoms with Crippen LogP contribution in [0.5, 0.6) is 0 Å². The first-order valence-electron chi connectivity index (χ1n) is 9.79. The molecule has 0 atom stereocenters. The largest absolute Gasteiger partial charge is 0.342 e. The van der Waals surface area contributed by atoms with Gasteiger partial charge in [0.05, 0.1) is 12.3 Å². The van der Waals surface area contributed by atoms with E-state index in [1.807, 2.05) is 9.80 Å². The summed E-state index contributed by atoms with van der Waals surface area (Å²) in [6.07, 6.45) is 4.65. The van der Waals surface area contributed by atoms with E-state index in [0.717, 1.165) is 39.0 Å². The Morgan fingerprint density at radius 2 is 1.48 bits per heavy atom. The molecular formula is C20H28FN3O2S. The molecule has 0 saturated carbocycles. The van der Waals surface area contributed by atoms with E-state index in [0.29, 0.717) is 24.5 Å². The summed E-state index contributed by atoms with van der Waals surface area (Å²) in [4.78, 5) is 31.3. The molecule has 2 amide bonds. The van der Waals surface area contributed by atoms with Crippen molar-refractivity contribution in [2.24, 2.45) is 0 Å². The summed E-state index contributed by atoms with van der Waals surface area (Å²) in [5.41, 5.74) is 0. The maximum absolute atomic E-state index is 13.6. The average Bonchev–Trinajstić information content (AvgIpc) is 2.97. The number of carbonyl (C=O) groups excluding carboxylic acids is 2. The van der Waals surface area contributed by atoms with Gasteiger partial charge in [0.2, 0.25) is 11.8 Å². The minimum absolute atomic E-state index is 0.0294. The van der Waals surface area contributed by atoms with Crippen LogP contribution in [0.25, 0.3) is 0 Å². The molecule has 2 aliphatic rings. The molecule has 2 aliphatic heterocycles. The van der Waals surface area contributed by atoms with Crippen LogP contribution in [-0.2, 0) is 9.59 Å². The second-order valence-corrected chi connectivity index (χ2v) is 8.19. The molecule has 2 fully saturated rings. The third-order valence-corrected chi connectivity index (χ3v) is 6.26. The molecule has 0 radical (unpaired) electrons. The van der Waals surface area contributed by atoms with E-state index in [1.54, 1.807) is 18.2 Å². The highest BCUT2D eigenvalue weighted by Crippen LogP contribution is 2.21. The Hall–Kier alpha value is -1.60. The van der Waals surface area contributed by atoms with Crippen molar-refractivity contribution >= 4 is 23.6 Å². The fraction of sp³-hybridized carbons (Fsp3) is 0.600. The Balaban J connectivity index is 1.39. The zero-order valence-electron chi connectivity index (χ0n) is 15.7. The highest BCUT2D eigenvalue weighted by molar-refractivity contribution is 8.00. The molecule has 0 aromatic heterocycles. The standard InChI is InChI=1S/C20H28FN3O2S/c21-17-7-3-4-8-18(17)27-16-20(26)24-13-11-22(12-14-24)15-19(25)23-9-5-1-2-6-10-23/h3-4,7-8H,1-2,5-6,9-16H2. The lowest BCUT2D eigenvalue weighted by atomic mass is 10.2. The molecule has 148 valence electrons. The van der Waals surface area contributed by atoms with Gasteiger partial charge in [0.1, 0.15) is 5.82 Å². The lowest BCUT2D eigenvalue weighted by Gasteiger charge is -2.35. The van der Waals surface area contributed by atoms with Crippen molar-refractivity contribution in [1.82, 2.24) is 14.7 Å². The summed E-state index contributed by atoms with van der Waals surface area (Å²) < 4.78 is 13.6. The normalized spacial score (nSPS) is 19.0. The van der Waals surface area contributed by atoms with Crippen molar-refractivity contribution in [3.8, 4) is 0 Å². The first-order chi connectivity index (χ1) is 13.1. The van der Waals surface area contributed by atoms with Crippen LogP contribution in [0.15, 0.2) is 29.2 Å². The number of nitrogens with zero attached hydrogens (tertiary/aromatic N) is 3. The molecule has 0 spiro atoms. The van der Waals surface area contributed by atoms with Gasteiger partial charge >= 0.3 is 0 Å². The zero-order chi connectivity index (χ0) is 19.1. The Morgan fingerprint density at radius 1 is 0.852 bits per heavy atom. The van der Waals surface area contributed by atoms with Gasteiger partial charge in [-0.05, 0) is 25.0 Å². The minimum Gasteiger partial charge on any atom is -0.342 e. The summed E-state index contributed by atoms with van der Waals surface area (Å²) in [6, 6.07) is 6.52. The highest BCUT2D eigenvalue weighted by Gasteiger charge is 2.24. The van der Waals surface area contributed by atoms with Crippen molar-refractivity contribution in [2.75, 3.05) is 51.6 Å². The van der Waals surface area contributed by atoms with Gasteiger partial charge in [-0.25, -0.2) is 4.39 Å². The molecule has 1 aromatic rings. The van der Waals surface area contributed by atoms with Gasteiger partial charge < -0.3 is 9.80 Å². The number of hydrogen-bond donors (Lipinski definition) is 0. The van der Waals surface area contributed by atoms with Gasteiger partial charge in [0, 0.05) is 44.2 Å². The number of likely N-dealkylation sites (tertiary alicyclic amines) is 1. The first kappa shape index (κ1) is 20.1. The predicted octanol–water partition coefficient (Wildman–Crippen LogP) is 2.46. The van der Waals surface area contributed by atoms with Crippen molar-refractivity contribution in [1.29, 1.82) is 0 Å². The molecule has 2 heterocycles. The molecule has 0 N–H and O–H groups in total. The lowest BCUT2D eigenvalue weighted by Crippen LogP contribution is -2.52. The Kier molecular flexibility index (Phi) is 7.52. The quantitative estimate of drug-likeness (QED) is 0.721. The summed E-state index contributed by atoms with van der Waals surface area (Å²) >= 11 is 1.24. The van der Waals surface area contributed by atoms with Crippen molar-refractivity contribution in [3.05, 3.63) is 30.1 Å². The fourth-order valence-corrected chi connectivity index (χ4v) is 4.40. The first-order valence-corrected chi connectivity index (χ1v) is 10.8. The molecule has 27 heavy (non-hydrogen) atoms. The molecular weight excluding hydrogens is 365 g/mol. The van der Waals surface area contributed by atoms with Crippen LogP contribution >= 0.6 is 11.8 Å². The monoisotopic (exact) mass is 393 g/mol. The summed E-state index contributed by atoms with van der Waals surface area (Å²) in [7, 11) is 0. The Morgan fingerprint density at radius 3 is 2.15 bits per heavy atom. The molecule has 7 heteroatoms. The second kappa shape index (κ2) is 10.1. The van der Waals surface area contributed by atoms with Crippen molar-refractivity contribution < 1.29 is 14.0 Å². The highest BCUT2D eigenvalue weighted by atomic mass is 32.2. The Labute approximate surface area is 164 Å². The average molecular weight is 394 g/mol. The van der Waals surface area contributed by atoms with Crippen LogP contribution in [0.2, 0.25) is 0 Å². The lowest BCUT2D eigenvalue weighted by molar-refractivity contribution is -0.134.